The van der Waals surface area contributed by atoms with Gasteiger partial charge in [-0.25, -0.2) is 4.39 Å². The van der Waals surface area contributed by atoms with Crippen molar-refractivity contribution < 1.29 is 4.39 Å². The number of nitrogens with one attached hydrogen (secondary N) is 1. The molecule has 2 fully saturated rings. The monoisotopic (exact) mass is 340 g/mol. The summed E-state index contributed by atoms with van der Waals surface area (Å²) in [5.74, 6) is 0.426. The number of nitrogens with zero attached hydrogens (tertiary/aromatic N) is 1. The largest absolute Gasteiger partial charge is 0.314 e. The molecule has 6 heteroatoms. The lowest BCUT2D eigenvalue weighted by molar-refractivity contribution is 0.153. The molecule has 0 spiro atoms. The fraction of sp³-hybridized carbons (Fsp3) is 0.571. The van der Waals surface area contributed by atoms with Gasteiger partial charge in [-0.3, -0.25) is 4.90 Å². The molecule has 1 aromatic carbocycles. The Morgan fingerprint density at radius 1 is 1.20 bits per heavy atom. The predicted octanol–water partition coefficient (Wildman–Crippen LogP) is 3.68. The smallest absolute Gasteiger partial charge is 0.129 e. The molecule has 1 aromatic rings. The van der Waals surface area contributed by atoms with Crippen LogP contribution in [0.2, 0.25) is 5.02 Å². The average Bonchev–Trinajstić information content (AvgIpc) is 3.19. The summed E-state index contributed by atoms with van der Waals surface area (Å²) in [5.41, 5.74) is 0.712. The van der Waals surface area contributed by atoms with Crippen LogP contribution in [0, 0.1) is 11.7 Å². The van der Waals surface area contributed by atoms with Crippen molar-refractivity contribution in [1.29, 1.82) is 0 Å². The van der Waals surface area contributed by atoms with Crippen LogP contribution in [0.15, 0.2) is 18.2 Å². The standard InChI is InChI=1S/C14H18ClFN2.2ClH/c15-11-2-1-3-12(16)13(11)14(10-4-5-10)18-8-6-17-7-9-18;;/h1-3,10,14,17H,4-9H2;2*1H/t14-;;/m1../s1. The summed E-state index contributed by atoms with van der Waals surface area (Å²) < 4.78 is 14.1. The molecule has 1 heterocycles. The third kappa shape index (κ3) is 3.77. The summed E-state index contributed by atoms with van der Waals surface area (Å²) in [6.45, 7) is 3.92. The maximum absolute atomic E-state index is 14.1. The Morgan fingerprint density at radius 3 is 2.40 bits per heavy atom. The van der Waals surface area contributed by atoms with E-state index in [9.17, 15) is 4.39 Å². The minimum absolute atomic E-state index is 0. The third-order valence-electron chi connectivity index (χ3n) is 3.91. The van der Waals surface area contributed by atoms with E-state index < -0.39 is 0 Å². The molecular formula is C14H20Cl3FN2. The van der Waals surface area contributed by atoms with Gasteiger partial charge in [0.1, 0.15) is 5.82 Å². The summed E-state index contributed by atoms with van der Waals surface area (Å²) in [7, 11) is 0. The predicted molar refractivity (Wildman–Crippen MR) is 85.8 cm³/mol. The Labute approximate surface area is 136 Å². The van der Waals surface area contributed by atoms with Crippen molar-refractivity contribution in [2.75, 3.05) is 26.2 Å². The molecule has 0 aromatic heterocycles. The fourth-order valence-corrected chi connectivity index (χ4v) is 3.16. The maximum atomic E-state index is 14.1. The third-order valence-corrected chi connectivity index (χ3v) is 4.24. The van der Waals surface area contributed by atoms with E-state index in [1.54, 1.807) is 12.1 Å². The molecule has 3 rings (SSSR count). The van der Waals surface area contributed by atoms with E-state index in [0.717, 1.165) is 26.2 Å². The van der Waals surface area contributed by atoms with E-state index >= 15 is 0 Å². The van der Waals surface area contributed by atoms with Crippen LogP contribution in [0.1, 0.15) is 24.4 Å². The van der Waals surface area contributed by atoms with Gasteiger partial charge in [0, 0.05) is 42.8 Å². The number of rotatable bonds is 3. The first-order chi connectivity index (χ1) is 8.77. The lowest BCUT2D eigenvalue weighted by Gasteiger charge is -2.36. The van der Waals surface area contributed by atoms with Crippen molar-refractivity contribution in [3.8, 4) is 0 Å². The molecule has 0 bridgehead atoms. The second-order valence-corrected chi connectivity index (χ2v) is 5.61. The van der Waals surface area contributed by atoms with Gasteiger partial charge in [0.05, 0.1) is 0 Å². The van der Waals surface area contributed by atoms with E-state index in [1.807, 2.05) is 0 Å². The van der Waals surface area contributed by atoms with E-state index in [1.165, 1.54) is 18.9 Å². The van der Waals surface area contributed by atoms with Crippen molar-refractivity contribution in [3.05, 3.63) is 34.6 Å². The van der Waals surface area contributed by atoms with Gasteiger partial charge in [0.15, 0.2) is 0 Å². The minimum Gasteiger partial charge on any atom is -0.314 e. The summed E-state index contributed by atoms with van der Waals surface area (Å²) in [6.07, 6.45) is 2.39. The van der Waals surface area contributed by atoms with Crippen LogP contribution in [0.4, 0.5) is 4.39 Å². The van der Waals surface area contributed by atoms with E-state index in [2.05, 4.69) is 10.2 Å². The molecule has 1 aliphatic heterocycles. The fourth-order valence-electron chi connectivity index (χ4n) is 2.88. The first kappa shape index (κ1) is 18.0. The normalized spacial score (nSPS) is 20.7. The minimum atomic E-state index is -0.155. The lowest BCUT2D eigenvalue weighted by atomic mass is 9.99. The van der Waals surface area contributed by atoms with Crippen molar-refractivity contribution in [2.24, 2.45) is 5.92 Å². The molecule has 0 radical (unpaired) electrons. The van der Waals surface area contributed by atoms with Gasteiger partial charge in [-0.2, -0.15) is 0 Å². The quantitative estimate of drug-likeness (QED) is 0.902. The second-order valence-electron chi connectivity index (χ2n) is 5.20. The summed E-state index contributed by atoms with van der Waals surface area (Å²) in [6, 6.07) is 5.18. The van der Waals surface area contributed by atoms with Gasteiger partial charge in [-0.15, -0.1) is 24.8 Å². The van der Waals surface area contributed by atoms with Gasteiger partial charge in [0.25, 0.3) is 0 Å². The zero-order valence-electron chi connectivity index (χ0n) is 11.1. The highest BCUT2D eigenvalue weighted by atomic mass is 35.5. The van der Waals surface area contributed by atoms with Gasteiger partial charge in [-0.05, 0) is 30.9 Å². The van der Waals surface area contributed by atoms with Crippen molar-refractivity contribution in [2.45, 2.75) is 18.9 Å². The molecular weight excluding hydrogens is 322 g/mol. The zero-order chi connectivity index (χ0) is 12.5. The highest BCUT2D eigenvalue weighted by Crippen LogP contribution is 2.47. The van der Waals surface area contributed by atoms with E-state index in [-0.39, 0.29) is 36.7 Å². The molecule has 1 N–H and O–H groups in total. The number of benzene rings is 1. The highest BCUT2D eigenvalue weighted by Gasteiger charge is 2.39. The van der Waals surface area contributed by atoms with Gasteiger partial charge >= 0.3 is 0 Å². The molecule has 1 saturated carbocycles. The first-order valence-corrected chi connectivity index (χ1v) is 7.04. The lowest BCUT2D eigenvalue weighted by Crippen LogP contribution is -2.46. The molecule has 1 aliphatic carbocycles. The molecule has 20 heavy (non-hydrogen) atoms. The Hall–Kier alpha value is -0.0600. The Bertz CT molecular complexity index is 414. The van der Waals surface area contributed by atoms with Crippen LogP contribution in [0.25, 0.3) is 0 Å². The van der Waals surface area contributed by atoms with Crippen molar-refractivity contribution in [3.63, 3.8) is 0 Å². The molecule has 1 saturated heterocycles. The molecule has 1 atom stereocenters. The molecule has 2 aliphatic rings. The van der Waals surface area contributed by atoms with Crippen LogP contribution in [0.3, 0.4) is 0 Å². The van der Waals surface area contributed by atoms with Gasteiger partial charge < -0.3 is 5.32 Å². The van der Waals surface area contributed by atoms with Crippen LogP contribution in [0.5, 0.6) is 0 Å². The van der Waals surface area contributed by atoms with Crippen LogP contribution in [-0.2, 0) is 0 Å². The molecule has 0 amide bonds. The summed E-state index contributed by atoms with van der Waals surface area (Å²) in [5, 5.41) is 3.92. The molecule has 114 valence electrons. The second kappa shape index (κ2) is 7.81. The molecule has 2 nitrogen and oxygen atoms in total. The molecule has 0 unspecified atom stereocenters. The number of hydrogen-bond acceptors (Lipinski definition) is 2. The highest BCUT2D eigenvalue weighted by molar-refractivity contribution is 6.31. The first-order valence-electron chi connectivity index (χ1n) is 6.66. The van der Waals surface area contributed by atoms with Crippen LogP contribution >= 0.6 is 36.4 Å². The van der Waals surface area contributed by atoms with Crippen LogP contribution < -0.4 is 5.32 Å². The number of hydrogen-bond donors (Lipinski definition) is 1. The maximum Gasteiger partial charge on any atom is 0.129 e. The Morgan fingerprint density at radius 2 is 1.85 bits per heavy atom. The summed E-state index contributed by atoms with van der Waals surface area (Å²) in [4.78, 5) is 2.39. The van der Waals surface area contributed by atoms with E-state index in [0.29, 0.717) is 16.5 Å². The number of piperazine rings is 1. The average molecular weight is 342 g/mol. The van der Waals surface area contributed by atoms with Crippen molar-refractivity contribution >= 4 is 36.4 Å². The van der Waals surface area contributed by atoms with Crippen molar-refractivity contribution in [1.82, 2.24) is 10.2 Å². The van der Waals surface area contributed by atoms with Gasteiger partial charge in [-0.1, -0.05) is 17.7 Å². The Kier molecular flexibility index (Phi) is 7.02. The summed E-state index contributed by atoms with van der Waals surface area (Å²) >= 11 is 6.23. The Balaban J connectivity index is 0.000001000. The van der Waals surface area contributed by atoms with Crippen LogP contribution in [-0.4, -0.2) is 31.1 Å². The van der Waals surface area contributed by atoms with E-state index in [4.69, 9.17) is 11.6 Å². The number of halogens is 4. The zero-order valence-corrected chi connectivity index (χ0v) is 13.5. The topological polar surface area (TPSA) is 15.3 Å². The van der Waals surface area contributed by atoms with Gasteiger partial charge in [0.2, 0.25) is 0 Å². The SMILES string of the molecule is Cl.Cl.Fc1cccc(Cl)c1[C@@H](C1CC1)N1CCNCC1.